The Morgan fingerprint density at radius 3 is 2.44 bits per heavy atom. The summed E-state index contributed by atoms with van der Waals surface area (Å²) in [5, 5.41) is 10.4. The first-order valence-electron chi connectivity index (χ1n) is 12.4. The molecule has 1 atom stereocenters. The summed E-state index contributed by atoms with van der Waals surface area (Å²) >= 11 is 0. The zero-order valence-corrected chi connectivity index (χ0v) is 21.4. The van der Waals surface area contributed by atoms with Crippen LogP contribution in [0.1, 0.15) is 72.0 Å². The minimum absolute atomic E-state index is 0.122. The van der Waals surface area contributed by atoms with Crippen LogP contribution in [-0.2, 0) is 17.9 Å². The summed E-state index contributed by atoms with van der Waals surface area (Å²) in [6.45, 7) is 2.17. The fourth-order valence-corrected chi connectivity index (χ4v) is 4.87. The van der Waals surface area contributed by atoms with Gasteiger partial charge in [-0.05, 0) is 37.5 Å². The number of likely N-dealkylation sites (N-methyl/N-ethyl adjacent to an activating group) is 1. The third-order valence-corrected chi connectivity index (χ3v) is 7.31. The molecule has 194 valence electrons. The Kier molecular flexibility index (Phi) is 7.51. The summed E-state index contributed by atoms with van der Waals surface area (Å²) in [7, 11) is 4.74. The molecule has 10 nitrogen and oxygen atoms in total. The van der Waals surface area contributed by atoms with E-state index in [1.807, 2.05) is 6.07 Å². The van der Waals surface area contributed by atoms with E-state index < -0.39 is 11.4 Å². The molecule has 4 rings (SSSR count). The molecule has 1 unspecified atom stereocenters. The summed E-state index contributed by atoms with van der Waals surface area (Å²) < 4.78 is 12.0. The molecule has 2 heterocycles. The predicted molar refractivity (Wildman–Crippen MR) is 133 cm³/mol. The first-order valence-corrected chi connectivity index (χ1v) is 12.4. The average Bonchev–Trinajstić information content (AvgIpc) is 3.13. The summed E-state index contributed by atoms with van der Waals surface area (Å²) in [6.07, 6.45) is 6.49. The number of rotatable bonds is 7. The van der Waals surface area contributed by atoms with E-state index in [0.29, 0.717) is 11.5 Å². The van der Waals surface area contributed by atoms with Gasteiger partial charge in [-0.3, -0.25) is 19.1 Å². The van der Waals surface area contributed by atoms with Crippen molar-refractivity contribution in [2.75, 3.05) is 21.3 Å². The molecule has 1 aromatic carbocycles. The lowest BCUT2D eigenvalue weighted by Gasteiger charge is -2.41. The highest BCUT2D eigenvalue weighted by Gasteiger charge is 2.46. The van der Waals surface area contributed by atoms with Crippen LogP contribution in [-0.4, -0.2) is 65.2 Å². The van der Waals surface area contributed by atoms with Crippen molar-refractivity contribution in [2.45, 2.75) is 70.1 Å². The van der Waals surface area contributed by atoms with Gasteiger partial charge in [0.1, 0.15) is 11.2 Å². The quantitative estimate of drug-likeness (QED) is 0.568. The first kappa shape index (κ1) is 25.5. The van der Waals surface area contributed by atoms with Gasteiger partial charge in [0.15, 0.2) is 17.2 Å². The number of fused-ring (bicyclic) bond motifs is 1. The number of benzene rings is 1. The molecule has 0 spiro atoms. The maximum atomic E-state index is 13.3. The summed E-state index contributed by atoms with van der Waals surface area (Å²) in [5.41, 5.74) is 0.133. The van der Waals surface area contributed by atoms with Gasteiger partial charge in [0.25, 0.3) is 11.8 Å². The minimum Gasteiger partial charge on any atom is -0.493 e. The third kappa shape index (κ3) is 5.03. The van der Waals surface area contributed by atoms with Crippen molar-refractivity contribution in [1.29, 1.82) is 0 Å². The smallest absolute Gasteiger partial charge is 0.272 e. The number of amides is 3. The Hall–Kier alpha value is -3.56. The maximum absolute atomic E-state index is 13.3. The number of aromatic nitrogens is 2. The summed E-state index contributed by atoms with van der Waals surface area (Å²) in [4.78, 5) is 40.8. The van der Waals surface area contributed by atoms with Crippen LogP contribution in [0.25, 0.3) is 0 Å². The molecule has 36 heavy (non-hydrogen) atoms. The van der Waals surface area contributed by atoms with Gasteiger partial charge in [-0.25, -0.2) is 0 Å². The SMILES string of the molecule is COc1ccc(CNC(=O)c2cc3n(n2)CC(C)(C(=O)NC2CCCCCC2)N(C)C3=O)cc1OC. The lowest BCUT2D eigenvalue weighted by atomic mass is 9.95. The highest BCUT2D eigenvalue weighted by atomic mass is 16.5. The Bertz CT molecular complexity index is 1140. The third-order valence-electron chi connectivity index (χ3n) is 7.31. The highest BCUT2D eigenvalue weighted by molar-refractivity contribution is 6.01. The zero-order valence-electron chi connectivity index (χ0n) is 21.4. The molecular formula is C26H35N5O5. The van der Waals surface area contributed by atoms with Crippen molar-refractivity contribution >= 4 is 17.7 Å². The van der Waals surface area contributed by atoms with E-state index in [-0.39, 0.29) is 42.3 Å². The average molecular weight is 498 g/mol. The zero-order chi connectivity index (χ0) is 25.9. The predicted octanol–water partition coefficient (Wildman–Crippen LogP) is 2.51. The van der Waals surface area contributed by atoms with Crippen molar-refractivity contribution < 1.29 is 23.9 Å². The van der Waals surface area contributed by atoms with Gasteiger partial charge in [-0.15, -0.1) is 0 Å². The topological polar surface area (TPSA) is 115 Å². The van der Waals surface area contributed by atoms with E-state index in [1.165, 1.54) is 28.5 Å². The number of hydrogen-bond acceptors (Lipinski definition) is 6. The summed E-state index contributed by atoms with van der Waals surface area (Å²) in [5.74, 6) is 0.226. The Morgan fingerprint density at radius 2 is 1.78 bits per heavy atom. The van der Waals surface area contributed by atoms with Gasteiger partial charge in [0.2, 0.25) is 5.91 Å². The number of methoxy groups -OCH3 is 2. The fourth-order valence-electron chi connectivity index (χ4n) is 4.87. The molecule has 1 aliphatic carbocycles. The molecule has 1 fully saturated rings. The van der Waals surface area contributed by atoms with Crippen LogP contribution >= 0.6 is 0 Å². The Labute approximate surface area is 211 Å². The van der Waals surface area contributed by atoms with Crippen molar-refractivity contribution in [3.8, 4) is 11.5 Å². The molecular weight excluding hydrogens is 462 g/mol. The van der Waals surface area contributed by atoms with Crippen LogP contribution in [0.15, 0.2) is 24.3 Å². The fraction of sp³-hybridized carbons (Fsp3) is 0.538. The van der Waals surface area contributed by atoms with Gasteiger partial charge in [-0.1, -0.05) is 31.7 Å². The van der Waals surface area contributed by atoms with Crippen molar-refractivity contribution in [2.24, 2.45) is 0 Å². The number of nitrogens with one attached hydrogen (secondary N) is 2. The van der Waals surface area contributed by atoms with Crippen molar-refractivity contribution in [3.63, 3.8) is 0 Å². The number of nitrogens with zero attached hydrogens (tertiary/aromatic N) is 3. The van der Waals surface area contributed by atoms with Crippen molar-refractivity contribution in [3.05, 3.63) is 41.2 Å². The van der Waals surface area contributed by atoms with Crippen molar-refractivity contribution in [1.82, 2.24) is 25.3 Å². The van der Waals surface area contributed by atoms with E-state index in [4.69, 9.17) is 9.47 Å². The van der Waals surface area contributed by atoms with Gasteiger partial charge in [-0.2, -0.15) is 5.10 Å². The molecule has 2 aromatic rings. The molecule has 3 amide bonds. The lowest BCUT2D eigenvalue weighted by molar-refractivity contribution is -0.133. The van der Waals surface area contributed by atoms with E-state index >= 15 is 0 Å². The molecule has 1 aliphatic heterocycles. The number of hydrogen-bond donors (Lipinski definition) is 2. The van der Waals surface area contributed by atoms with Crippen LogP contribution in [0.5, 0.6) is 11.5 Å². The molecule has 10 heteroatoms. The van der Waals surface area contributed by atoms with Crippen LogP contribution in [0, 0.1) is 0 Å². The Morgan fingerprint density at radius 1 is 1.08 bits per heavy atom. The van der Waals surface area contributed by atoms with Crippen LogP contribution in [0.4, 0.5) is 0 Å². The Balaban J connectivity index is 1.46. The van der Waals surface area contributed by atoms with Crippen LogP contribution in [0.2, 0.25) is 0 Å². The van der Waals surface area contributed by atoms with Crippen LogP contribution < -0.4 is 20.1 Å². The second kappa shape index (κ2) is 10.6. The lowest BCUT2D eigenvalue weighted by Crippen LogP contribution is -2.63. The number of ether oxygens (including phenoxy) is 2. The molecule has 0 saturated heterocycles. The number of carbonyl (C=O) groups excluding carboxylic acids is 3. The second-order valence-corrected chi connectivity index (χ2v) is 9.74. The van der Waals surface area contributed by atoms with Gasteiger partial charge in [0.05, 0.1) is 20.8 Å². The van der Waals surface area contributed by atoms with E-state index in [9.17, 15) is 14.4 Å². The molecule has 2 aliphatic rings. The molecule has 2 N–H and O–H groups in total. The molecule has 0 bridgehead atoms. The monoisotopic (exact) mass is 497 g/mol. The largest absolute Gasteiger partial charge is 0.493 e. The van der Waals surface area contributed by atoms with Gasteiger partial charge >= 0.3 is 0 Å². The molecule has 1 saturated carbocycles. The maximum Gasteiger partial charge on any atom is 0.272 e. The second-order valence-electron chi connectivity index (χ2n) is 9.74. The van der Waals surface area contributed by atoms with E-state index in [2.05, 4.69) is 15.7 Å². The van der Waals surface area contributed by atoms with Crippen LogP contribution in [0.3, 0.4) is 0 Å². The first-order chi connectivity index (χ1) is 17.3. The summed E-state index contributed by atoms with van der Waals surface area (Å²) in [6, 6.07) is 6.98. The highest BCUT2D eigenvalue weighted by Crippen LogP contribution is 2.29. The van der Waals surface area contributed by atoms with E-state index in [0.717, 1.165) is 31.2 Å². The number of carbonyl (C=O) groups is 3. The molecule has 0 radical (unpaired) electrons. The minimum atomic E-state index is -1.10. The molecule has 1 aromatic heterocycles. The van der Waals surface area contributed by atoms with Gasteiger partial charge < -0.3 is 25.0 Å². The van der Waals surface area contributed by atoms with Gasteiger partial charge in [0, 0.05) is 25.7 Å². The normalized spacial score (nSPS) is 20.3. The standard InChI is InChI=1S/C26H35N5O5/c1-26(25(34)28-18-9-7-5-6-8-10-18)16-31-20(24(33)30(26)2)14-19(29-31)23(32)27-15-17-11-12-21(35-3)22(13-17)36-4/h11-14,18H,5-10,15-16H2,1-4H3,(H,27,32)(H,28,34). The van der Waals surface area contributed by atoms with E-state index in [1.54, 1.807) is 40.3 Å².